The highest BCUT2D eigenvalue weighted by Crippen LogP contribution is 2.28. The molecule has 0 aliphatic heterocycles. The van der Waals surface area contributed by atoms with Crippen molar-refractivity contribution in [3.63, 3.8) is 0 Å². The van der Waals surface area contributed by atoms with Crippen LogP contribution in [0.3, 0.4) is 0 Å². The van der Waals surface area contributed by atoms with Gasteiger partial charge in [-0.2, -0.15) is 0 Å². The van der Waals surface area contributed by atoms with Gasteiger partial charge >= 0.3 is 0 Å². The summed E-state index contributed by atoms with van der Waals surface area (Å²) < 4.78 is 15.9. The lowest BCUT2D eigenvalue weighted by molar-refractivity contribution is 0.0784. The zero-order valence-corrected chi connectivity index (χ0v) is 14.5. The van der Waals surface area contributed by atoms with Crippen molar-refractivity contribution in [3.05, 3.63) is 53.6 Å². The maximum Gasteiger partial charge on any atom is 0.254 e. The minimum Gasteiger partial charge on any atom is -0.497 e. The van der Waals surface area contributed by atoms with Crippen LogP contribution >= 0.6 is 0 Å². The van der Waals surface area contributed by atoms with Crippen LogP contribution in [-0.2, 0) is 6.54 Å². The molecule has 0 aliphatic rings. The van der Waals surface area contributed by atoms with Gasteiger partial charge in [0.1, 0.15) is 5.75 Å². The van der Waals surface area contributed by atoms with E-state index in [1.807, 2.05) is 31.2 Å². The summed E-state index contributed by atoms with van der Waals surface area (Å²) in [5, 5.41) is 0. The first-order valence-corrected chi connectivity index (χ1v) is 7.78. The fourth-order valence-electron chi connectivity index (χ4n) is 2.38. The van der Waals surface area contributed by atoms with Crippen LogP contribution < -0.4 is 14.2 Å². The van der Waals surface area contributed by atoms with Crippen LogP contribution in [0.1, 0.15) is 22.8 Å². The molecule has 0 unspecified atom stereocenters. The third-order valence-corrected chi connectivity index (χ3v) is 3.64. The number of hydrogen-bond donors (Lipinski definition) is 0. The molecule has 0 aromatic heterocycles. The Kier molecular flexibility index (Phi) is 6.07. The van der Waals surface area contributed by atoms with E-state index in [1.165, 1.54) is 0 Å². The zero-order valence-electron chi connectivity index (χ0n) is 14.5. The van der Waals surface area contributed by atoms with Crippen molar-refractivity contribution >= 4 is 5.91 Å². The first-order valence-electron chi connectivity index (χ1n) is 7.78. The molecule has 1 amide bonds. The van der Waals surface area contributed by atoms with E-state index >= 15 is 0 Å². The smallest absolute Gasteiger partial charge is 0.254 e. The molecule has 2 rings (SSSR count). The van der Waals surface area contributed by atoms with Crippen molar-refractivity contribution in [2.24, 2.45) is 0 Å². The first-order chi connectivity index (χ1) is 11.6. The van der Waals surface area contributed by atoms with Crippen molar-refractivity contribution in [1.29, 1.82) is 0 Å². The second-order valence-electron chi connectivity index (χ2n) is 5.31. The van der Waals surface area contributed by atoms with E-state index in [0.29, 0.717) is 30.2 Å². The average Bonchev–Trinajstić information content (AvgIpc) is 2.62. The molecular formula is C19H23NO4. The molecule has 5 nitrogen and oxygen atoms in total. The molecule has 2 aromatic carbocycles. The van der Waals surface area contributed by atoms with Crippen LogP contribution in [0.2, 0.25) is 0 Å². The fourth-order valence-corrected chi connectivity index (χ4v) is 2.38. The van der Waals surface area contributed by atoms with E-state index in [-0.39, 0.29) is 5.91 Å². The Bertz CT molecular complexity index is 682. The molecule has 0 aliphatic carbocycles. The summed E-state index contributed by atoms with van der Waals surface area (Å²) in [7, 11) is 4.98. The van der Waals surface area contributed by atoms with Crippen LogP contribution in [0.5, 0.6) is 17.2 Å². The van der Waals surface area contributed by atoms with Crippen molar-refractivity contribution < 1.29 is 19.0 Å². The first kappa shape index (κ1) is 17.7. The van der Waals surface area contributed by atoms with E-state index in [2.05, 4.69) is 0 Å². The molecule has 0 saturated carbocycles. The Morgan fingerprint density at radius 3 is 2.29 bits per heavy atom. The summed E-state index contributed by atoms with van der Waals surface area (Å²) in [6, 6.07) is 12.9. The van der Waals surface area contributed by atoms with Gasteiger partial charge in [0.25, 0.3) is 5.91 Å². The van der Waals surface area contributed by atoms with Crippen LogP contribution in [0.15, 0.2) is 42.5 Å². The van der Waals surface area contributed by atoms with Gasteiger partial charge in [-0.15, -0.1) is 0 Å². The van der Waals surface area contributed by atoms with E-state index in [1.54, 1.807) is 44.4 Å². The van der Waals surface area contributed by atoms with Gasteiger partial charge < -0.3 is 19.1 Å². The van der Waals surface area contributed by atoms with Crippen molar-refractivity contribution in [3.8, 4) is 17.2 Å². The average molecular weight is 329 g/mol. The quantitative estimate of drug-likeness (QED) is 0.781. The summed E-state index contributed by atoms with van der Waals surface area (Å²) >= 11 is 0. The Hall–Kier alpha value is -2.69. The van der Waals surface area contributed by atoms with Crippen LogP contribution in [0.25, 0.3) is 0 Å². The highest BCUT2D eigenvalue weighted by atomic mass is 16.5. The van der Waals surface area contributed by atoms with Crippen LogP contribution in [0.4, 0.5) is 0 Å². The lowest BCUT2D eigenvalue weighted by atomic mass is 10.1. The SMILES string of the molecule is CCOc1cc(C(=O)N(C)Cc2ccc(OC)cc2)ccc1OC. The number of carbonyl (C=O) groups excluding carboxylic acids is 1. The number of amides is 1. The summed E-state index contributed by atoms with van der Waals surface area (Å²) in [5.74, 6) is 1.91. The number of benzene rings is 2. The number of carbonyl (C=O) groups is 1. The normalized spacial score (nSPS) is 10.2. The molecule has 0 heterocycles. The van der Waals surface area contributed by atoms with Gasteiger partial charge in [-0.05, 0) is 42.8 Å². The van der Waals surface area contributed by atoms with E-state index in [4.69, 9.17) is 14.2 Å². The van der Waals surface area contributed by atoms with Gasteiger partial charge in [-0.3, -0.25) is 4.79 Å². The predicted octanol–water partition coefficient (Wildman–Crippen LogP) is 3.37. The lowest BCUT2D eigenvalue weighted by Gasteiger charge is -2.18. The van der Waals surface area contributed by atoms with Crippen LogP contribution in [-0.4, -0.2) is 38.7 Å². The second-order valence-corrected chi connectivity index (χ2v) is 5.31. The Labute approximate surface area is 142 Å². The summed E-state index contributed by atoms with van der Waals surface area (Å²) in [6.45, 7) is 2.91. The molecule has 0 spiro atoms. The minimum atomic E-state index is -0.0746. The van der Waals surface area contributed by atoms with Crippen molar-refractivity contribution in [2.75, 3.05) is 27.9 Å². The highest BCUT2D eigenvalue weighted by molar-refractivity contribution is 5.94. The molecule has 0 radical (unpaired) electrons. The molecule has 0 fully saturated rings. The molecule has 0 bridgehead atoms. The van der Waals surface area contributed by atoms with Gasteiger partial charge in [0.15, 0.2) is 11.5 Å². The highest BCUT2D eigenvalue weighted by Gasteiger charge is 2.15. The van der Waals surface area contributed by atoms with Gasteiger partial charge in [0, 0.05) is 19.2 Å². The van der Waals surface area contributed by atoms with Gasteiger partial charge in [-0.1, -0.05) is 12.1 Å². The number of nitrogens with zero attached hydrogens (tertiary/aromatic N) is 1. The number of methoxy groups -OCH3 is 2. The third kappa shape index (κ3) is 4.19. The molecular weight excluding hydrogens is 306 g/mol. The second kappa shape index (κ2) is 8.24. The minimum absolute atomic E-state index is 0.0746. The largest absolute Gasteiger partial charge is 0.497 e. The molecule has 5 heteroatoms. The van der Waals surface area contributed by atoms with E-state index in [0.717, 1.165) is 11.3 Å². The maximum absolute atomic E-state index is 12.6. The molecule has 0 N–H and O–H groups in total. The Morgan fingerprint density at radius 2 is 1.71 bits per heavy atom. The number of ether oxygens (including phenoxy) is 3. The molecule has 24 heavy (non-hydrogen) atoms. The topological polar surface area (TPSA) is 48.0 Å². The van der Waals surface area contributed by atoms with Gasteiger partial charge in [0.05, 0.1) is 20.8 Å². The zero-order chi connectivity index (χ0) is 17.5. The maximum atomic E-state index is 12.6. The number of hydrogen-bond acceptors (Lipinski definition) is 4. The predicted molar refractivity (Wildman–Crippen MR) is 93.0 cm³/mol. The summed E-state index contributed by atoms with van der Waals surface area (Å²) in [4.78, 5) is 14.3. The Balaban J connectivity index is 2.13. The summed E-state index contributed by atoms with van der Waals surface area (Å²) in [5.41, 5.74) is 1.60. The standard InChI is InChI=1S/C19H23NO4/c1-5-24-18-12-15(8-11-17(18)23-4)19(21)20(2)13-14-6-9-16(22-3)10-7-14/h6-12H,5,13H2,1-4H3. The molecule has 0 atom stereocenters. The van der Waals surface area contributed by atoms with Crippen molar-refractivity contribution in [2.45, 2.75) is 13.5 Å². The number of rotatable bonds is 7. The van der Waals surface area contributed by atoms with E-state index < -0.39 is 0 Å². The van der Waals surface area contributed by atoms with Gasteiger partial charge in [-0.25, -0.2) is 0 Å². The third-order valence-electron chi connectivity index (χ3n) is 3.64. The summed E-state index contributed by atoms with van der Waals surface area (Å²) in [6.07, 6.45) is 0. The lowest BCUT2D eigenvalue weighted by Crippen LogP contribution is -2.26. The molecule has 2 aromatic rings. The van der Waals surface area contributed by atoms with Crippen molar-refractivity contribution in [1.82, 2.24) is 4.90 Å². The fraction of sp³-hybridized carbons (Fsp3) is 0.316. The monoisotopic (exact) mass is 329 g/mol. The Morgan fingerprint density at radius 1 is 1.00 bits per heavy atom. The molecule has 0 saturated heterocycles. The van der Waals surface area contributed by atoms with Crippen LogP contribution in [0, 0.1) is 0 Å². The van der Waals surface area contributed by atoms with E-state index in [9.17, 15) is 4.79 Å². The van der Waals surface area contributed by atoms with Gasteiger partial charge in [0.2, 0.25) is 0 Å². The molecule has 128 valence electrons.